The third kappa shape index (κ3) is 3.42. The maximum absolute atomic E-state index is 13.4. The van der Waals surface area contributed by atoms with Crippen molar-refractivity contribution >= 4 is 38.7 Å². The van der Waals surface area contributed by atoms with Crippen LogP contribution in [0.4, 0.5) is 0 Å². The molecule has 0 spiro atoms. The fourth-order valence-electron chi connectivity index (χ4n) is 4.80. The van der Waals surface area contributed by atoms with E-state index in [1.54, 1.807) is 23.1 Å². The molecule has 3 heterocycles. The van der Waals surface area contributed by atoms with Gasteiger partial charge in [-0.1, -0.05) is 24.3 Å². The molecular weight excluding hydrogens is 472 g/mol. The van der Waals surface area contributed by atoms with Crippen LogP contribution in [0.3, 0.4) is 0 Å². The number of carbonyl (C=O) groups excluding carboxylic acids is 1. The van der Waals surface area contributed by atoms with Gasteiger partial charge in [0.05, 0.1) is 17.4 Å². The number of hydrogen-bond acceptors (Lipinski definition) is 7. The topological polar surface area (TPSA) is 101 Å². The molecule has 6 rings (SSSR count). The highest BCUT2D eigenvalue weighted by Crippen LogP contribution is 2.29. The summed E-state index contributed by atoms with van der Waals surface area (Å²) in [6.07, 6.45) is 2.74. The Hall–Kier alpha value is -3.15. The third-order valence-electron chi connectivity index (χ3n) is 6.53. The van der Waals surface area contributed by atoms with Crippen LogP contribution in [0.25, 0.3) is 16.7 Å². The van der Waals surface area contributed by atoms with Gasteiger partial charge in [0.15, 0.2) is 5.69 Å². The molecule has 1 fully saturated rings. The molecule has 0 atom stereocenters. The number of amides is 1. The number of hydrogen-bond donors (Lipinski definition) is 0. The second-order valence-electron chi connectivity index (χ2n) is 8.46. The number of para-hydroxylation sites is 1. The van der Waals surface area contributed by atoms with E-state index in [4.69, 9.17) is 5.10 Å². The first-order chi connectivity index (χ1) is 16.5. The van der Waals surface area contributed by atoms with Gasteiger partial charge in [-0.25, -0.2) is 13.1 Å². The Bertz CT molecular complexity index is 1490. The van der Waals surface area contributed by atoms with E-state index in [2.05, 4.69) is 8.75 Å². The number of benzene rings is 2. The lowest BCUT2D eigenvalue weighted by molar-refractivity contribution is 0.0690. The van der Waals surface area contributed by atoms with Crippen molar-refractivity contribution in [3.8, 4) is 5.69 Å². The summed E-state index contributed by atoms with van der Waals surface area (Å²) in [6, 6.07) is 14.9. The molecule has 1 aliphatic carbocycles. The molecule has 2 aliphatic rings. The summed E-state index contributed by atoms with van der Waals surface area (Å²) in [5.41, 5.74) is 4.52. The molecule has 9 nitrogen and oxygen atoms in total. The van der Waals surface area contributed by atoms with E-state index in [0.717, 1.165) is 47.9 Å². The Kier molecular flexibility index (Phi) is 5.19. The van der Waals surface area contributed by atoms with Gasteiger partial charge in [0, 0.05) is 37.4 Å². The monoisotopic (exact) mass is 494 g/mol. The summed E-state index contributed by atoms with van der Waals surface area (Å²) in [6.45, 7) is 1.08. The SMILES string of the molecule is O=C(c1nn(-c2ccccc2)c2c1CCC2)N1CCN(S(=O)(=O)c2cccc3nsnc23)CC1. The maximum atomic E-state index is 13.4. The minimum absolute atomic E-state index is 0.129. The summed E-state index contributed by atoms with van der Waals surface area (Å²) in [5.74, 6) is -0.129. The van der Waals surface area contributed by atoms with Crippen LogP contribution in [-0.2, 0) is 22.9 Å². The van der Waals surface area contributed by atoms with E-state index >= 15 is 0 Å². The molecule has 0 radical (unpaired) electrons. The standard InChI is InChI=1S/C23H22N6O3S2/c30-23(21-17-8-4-10-19(17)29(24-21)16-6-2-1-3-7-16)27-12-14-28(15-13-27)34(31,32)20-11-5-9-18-22(20)26-33-25-18/h1-3,5-7,9,11H,4,8,10,12-15H2. The van der Waals surface area contributed by atoms with E-state index < -0.39 is 10.0 Å². The zero-order valence-electron chi connectivity index (χ0n) is 18.3. The van der Waals surface area contributed by atoms with Gasteiger partial charge in [0.25, 0.3) is 5.91 Å². The Labute approximate surface area is 201 Å². The first-order valence-corrected chi connectivity index (χ1v) is 13.4. The van der Waals surface area contributed by atoms with Crippen LogP contribution in [0.5, 0.6) is 0 Å². The lowest BCUT2D eigenvalue weighted by Crippen LogP contribution is -2.50. The van der Waals surface area contributed by atoms with Crippen LogP contribution >= 0.6 is 11.7 Å². The number of carbonyl (C=O) groups is 1. The molecule has 0 unspecified atom stereocenters. The van der Waals surface area contributed by atoms with Crippen molar-refractivity contribution in [1.29, 1.82) is 0 Å². The largest absolute Gasteiger partial charge is 0.335 e. The van der Waals surface area contributed by atoms with Gasteiger partial charge in [-0.15, -0.1) is 0 Å². The highest BCUT2D eigenvalue weighted by molar-refractivity contribution is 7.89. The average molecular weight is 495 g/mol. The predicted octanol–water partition coefficient (Wildman–Crippen LogP) is 2.51. The minimum atomic E-state index is -3.73. The van der Waals surface area contributed by atoms with Gasteiger partial charge in [-0.3, -0.25) is 4.79 Å². The molecule has 1 amide bonds. The fourth-order valence-corrected chi connectivity index (χ4v) is 6.98. The number of fused-ring (bicyclic) bond motifs is 2. The number of aromatic nitrogens is 4. The van der Waals surface area contributed by atoms with E-state index in [0.29, 0.717) is 29.8 Å². The van der Waals surface area contributed by atoms with Crippen molar-refractivity contribution in [3.63, 3.8) is 0 Å². The Morgan fingerprint density at radius 3 is 2.50 bits per heavy atom. The minimum Gasteiger partial charge on any atom is -0.335 e. The molecule has 0 saturated carbocycles. The van der Waals surface area contributed by atoms with Gasteiger partial charge in [0.1, 0.15) is 15.9 Å². The zero-order chi connectivity index (χ0) is 23.3. The molecule has 34 heavy (non-hydrogen) atoms. The van der Waals surface area contributed by atoms with Crippen LogP contribution < -0.4 is 0 Å². The molecule has 11 heteroatoms. The number of rotatable bonds is 4. The van der Waals surface area contributed by atoms with Crippen LogP contribution in [0.2, 0.25) is 0 Å². The lowest BCUT2D eigenvalue weighted by Gasteiger charge is -2.33. The average Bonchev–Trinajstić information content (AvgIpc) is 3.60. The highest BCUT2D eigenvalue weighted by atomic mass is 32.2. The van der Waals surface area contributed by atoms with Crippen molar-refractivity contribution in [2.45, 2.75) is 24.2 Å². The number of nitrogens with zero attached hydrogens (tertiary/aromatic N) is 6. The third-order valence-corrected chi connectivity index (χ3v) is 9.00. The highest BCUT2D eigenvalue weighted by Gasteiger charge is 2.35. The predicted molar refractivity (Wildman–Crippen MR) is 128 cm³/mol. The zero-order valence-corrected chi connectivity index (χ0v) is 19.9. The van der Waals surface area contributed by atoms with E-state index in [9.17, 15) is 13.2 Å². The van der Waals surface area contributed by atoms with Gasteiger partial charge < -0.3 is 4.90 Å². The smallest absolute Gasteiger partial charge is 0.274 e. The van der Waals surface area contributed by atoms with Crippen molar-refractivity contribution in [3.05, 3.63) is 65.5 Å². The molecule has 174 valence electrons. The Morgan fingerprint density at radius 1 is 0.912 bits per heavy atom. The van der Waals surface area contributed by atoms with Crippen molar-refractivity contribution in [1.82, 2.24) is 27.7 Å². The summed E-state index contributed by atoms with van der Waals surface area (Å²) < 4.78 is 38.2. The second kappa shape index (κ2) is 8.26. The summed E-state index contributed by atoms with van der Waals surface area (Å²) in [5, 5.41) is 4.70. The second-order valence-corrected chi connectivity index (χ2v) is 10.9. The normalized spacial score (nSPS) is 16.8. The Morgan fingerprint density at radius 2 is 1.71 bits per heavy atom. The molecule has 1 saturated heterocycles. The fraction of sp³-hybridized carbons (Fsp3) is 0.304. The summed E-state index contributed by atoms with van der Waals surface area (Å²) in [4.78, 5) is 15.3. The molecule has 0 bridgehead atoms. The van der Waals surface area contributed by atoms with Gasteiger partial charge >= 0.3 is 0 Å². The molecule has 1 aliphatic heterocycles. The maximum Gasteiger partial charge on any atom is 0.274 e. The molecule has 4 aromatic rings. The van der Waals surface area contributed by atoms with Crippen LogP contribution in [0.1, 0.15) is 28.2 Å². The number of piperazine rings is 1. The molecular formula is C23H22N6O3S2. The first kappa shape index (κ1) is 21.4. The lowest BCUT2D eigenvalue weighted by atomic mass is 10.1. The van der Waals surface area contributed by atoms with Gasteiger partial charge in [-0.05, 0) is 43.5 Å². The van der Waals surface area contributed by atoms with Crippen molar-refractivity contribution < 1.29 is 13.2 Å². The quantitative estimate of drug-likeness (QED) is 0.432. The van der Waals surface area contributed by atoms with Crippen LogP contribution in [0, 0.1) is 0 Å². The summed E-state index contributed by atoms with van der Waals surface area (Å²) in [7, 11) is -3.73. The summed E-state index contributed by atoms with van der Waals surface area (Å²) >= 11 is 0.997. The van der Waals surface area contributed by atoms with Crippen LogP contribution in [0.15, 0.2) is 53.4 Å². The van der Waals surface area contributed by atoms with E-state index in [1.165, 1.54) is 4.31 Å². The Balaban J connectivity index is 1.23. The first-order valence-electron chi connectivity index (χ1n) is 11.2. The van der Waals surface area contributed by atoms with Crippen molar-refractivity contribution in [2.24, 2.45) is 0 Å². The van der Waals surface area contributed by atoms with Gasteiger partial charge in [-0.2, -0.15) is 18.2 Å². The van der Waals surface area contributed by atoms with Crippen molar-refractivity contribution in [2.75, 3.05) is 26.2 Å². The molecule has 0 N–H and O–H groups in total. The van der Waals surface area contributed by atoms with Crippen LogP contribution in [-0.4, -0.2) is 68.2 Å². The number of sulfonamides is 1. The molecule has 2 aromatic carbocycles. The van der Waals surface area contributed by atoms with E-state index in [1.807, 2.05) is 35.0 Å². The molecule has 2 aromatic heterocycles. The van der Waals surface area contributed by atoms with E-state index in [-0.39, 0.29) is 23.9 Å². The van der Waals surface area contributed by atoms with Gasteiger partial charge in [0.2, 0.25) is 10.0 Å².